The Labute approximate surface area is 118 Å². The summed E-state index contributed by atoms with van der Waals surface area (Å²) in [7, 11) is -1.18. The predicted octanol–water partition coefficient (Wildman–Crippen LogP) is 0.919. The molecule has 2 rings (SSSR count). The van der Waals surface area contributed by atoms with Crippen LogP contribution < -0.4 is 5.32 Å². The molecule has 1 atom stereocenters. The van der Waals surface area contributed by atoms with Crippen molar-refractivity contribution in [1.82, 2.24) is 10.2 Å². The van der Waals surface area contributed by atoms with Crippen molar-refractivity contribution in [3.63, 3.8) is 0 Å². The Hall–Kier alpha value is -0.500. The molecule has 1 aromatic heterocycles. The lowest BCUT2D eigenvalue weighted by Crippen LogP contribution is -2.46. The Morgan fingerprint density at radius 1 is 1.58 bits per heavy atom. The average Bonchev–Trinajstić information content (AvgIpc) is 2.77. The molecule has 1 aromatic rings. The maximum absolute atomic E-state index is 11.8. The summed E-state index contributed by atoms with van der Waals surface area (Å²) in [5, 5.41) is 2.67. The fourth-order valence-electron chi connectivity index (χ4n) is 2.23. The van der Waals surface area contributed by atoms with Crippen LogP contribution in [0.4, 0.5) is 0 Å². The third-order valence-corrected chi connectivity index (χ3v) is 5.92. The molecule has 1 N–H and O–H groups in total. The van der Waals surface area contributed by atoms with Crippen molar-refractivity contribution in [1.29, 1.82) is 0 Å². The Kier molecular flexibility index (Phi) is 4.94. The second-order valence-electron chi connectivity index (χ2n) is 4.73. The van der Waals surface area contributed by atoms with Crippen molar-refractivity contribution in [3.05, 3.63) is 23.7 Å². The van der Waals surface area contributed by atoms with E-state index >= 15 is 0 Å². The Morgan fingerprint density at radius 3 is 3.05 bits per heavy atom. The Balaban J connectivity index is 2.13. The van der Waals surface area contributed by atoms with E-state index in [-0.39, 0.29) is 5.37 Å². The van der Waals surface area contributed by atoms with Gasteiger partial charge in [-0.05, 0) is 13.1 Å². The largest absolute Gasteiger partial charge is 0.468 e. The second kappa shape index (κ2) is 6.30. The highest BCUT2D eigenvalue weighted by Gasteiger charge is 2.31. The molecule has 0 aromatic carbocycles. The van der Waals surface area contributed by atoms with Crippen LogP contribution in [0.2, 0.25) is 0 Å². The number of hydrogen-bond acceptors (Lipinski definition) is 6. The molecular weight excluding hydrogens is 284 g/mol. The van der Waals surface area contributed by atoms with Crippen LogP contribution in [0.15, 0.2) is 16.7 Å². The minimum atomic E-state index is -3.04. The van der Waals surface area contributed by atoms with Gasteiger partial charge in [0.1, 0.15) is 11.1 Å². The van der Waals surface area contributed by atoms with Crippen molar-refractivity contribution in [2.75, 3.05) is 31.4 Å². The topological polar surface area (TPSA) is 62.6 Å². The molecule has 2 heterocycles. The quantitative estimate of drug-likeness (QED) is 0.873. The zero-order valence-corrected chi connectivity index (χ0v) is 12.9. The monoisotopic (exact) mass is 304 g/mol. The molecule has 1 unspecified atom stereocenters. The van der Waals surface area contributed by atoms with Crippen molar-refractivity contribution in [2.24, 2.45) is 0 Å². The highest BCUT2D eigenvalue weighted by molar-refractivity contribution is 8.00. The van der Waals surface area contributed by atoms with E-state index in [9.17, 15) is 8.42 Å². The number of furan rings is 1. The summed E-state index contributed by atoms with van der Waals surface area (Å²) in [6.45, 7) is 2.09. The molecule has 0 aliphatic carbocycles. The first-order chi connectivity index (χ1) is 9.02. The number of hydrogen-bond donors (Lipinski definition) is 1. The maximum Gasteiger partial charge on any atom is 0.164 e. The van der Waals surface area contributed by atoms with Crippen molar-refractivity contribution in [3.8, 4) is 0 Å². The van der Waals surface area contributed by atoms with Crippen LogP contribution in [-0.2, 0) is 22.9 Å². The predicted molar refractivity (Wildman–Crippen MR) is 77.8 cm³/mol. The van der Waals surface area contributed by atoms with Crippen molar-refractivity contribution < 1.29 is 12.8 Å². The summed E-state index contributed by atoms with van der Waals surface area (Å²) < 4.78 is 29.1. The SMILES string of the molecule is CNCc1occc1CN1CCSCC1S(C)(=O)=O. The molecule has 7 heteroatoms. The lowest BCUT2D eigenvalue weighted by Gasteiger charge is -2.33. The van der Waals surface area contributed by atoms with E-state index in [2.05, 4.69) is 5.32 Å². The van der Waals surface area contributed by atoms with Gasteiger partial charge in [-0.1, -0.05) is 0 Å². The molecular formula is C12H20N2O3S2. The van der Waals surface area contributed by atoms with Gasteiger partial charge in [-0.3, -0.25) is 4.90 Å². The molecule has 0 saturated carbocycles. The summed E-state index contributed by atoms with van der Waals surface area (Å²) in [6, 6.07) is 1.92. The number of sulfone groups is 1. The first-order valence-corrected chi connectivity index (χ1v) is 9.34. The Morgan fingerprint density at radius 2 is 2.37 bits per heavy atom. The maximum atomic E-state index is 11.8. The highest BCUT2D eigenvalue weighted by Crippen LogP contribution is 2.23. The van der Waals surface area contributed by atoms with Crippen LogP contribution in [0.25, 0.3) is 0 Å². The fourth-order valence-corrected chi connectivity index (χ4v) is 5.17. The van der Waals surface area contributed by atoms with Gasteiger partial charge in [0.25, 0.3) is 0 Å². The zero-order valence-electron chi connectivity index (χ0n) is 11.3. The van der Waals surface area contributed by atoms with Crippen LogP contribution in [-0.4, -0.2) is 50.0 Å². The normalized spacial score (nSPS) is 21.7. The lowest BCUT2D eigenvalue weighted by molar-refractivity contribution is 0.260. The van der Waals surface area contributed by atoms with Gasteiger partial charge >= 0.3 is 0 Å². The molecule has 0 radical (unpaired) electrons. The minimum Gasteiger partial charge on any atom is -0.468 e. The molecule has 0 spiro atoms. The van der Waals surface area contributed by atoms with Crippen LogP contribution in [0.5, 0.6) is 0 Å². The number of rotatable bonds is 5. The van der Waals surface area contributed by atoms with E-state index in [1.807, 2.05) is 18.0 Å². The third-order valence-electron chi connectivity index (χ3n) is 3.23. The van der Waals surface area contributed by atoms with Gasteiger partial charge in [0.2, 0.25) is 0 Å². The first-order valence-electron chi connectivity index (χ1n) is 6.23. The van der Waals surface area contributed by atoms with Crippen LogP contribution in [0, 0.1) is 0 Å². The van der Waals surface area contributed by atoms with Crippen LogP contribution in [0.3, 0.4) is 0 Å². The van der Waals surface area contributed by atoms with Gasteiger partial charge in [-0.2, -0.15) is 11.8 Å². The number of nitrogens with one attached hydrogen (secondary N) is 1. The molecule has 108 valence electrons. The first kappa shape index (κ1) is 14.9. The number of nitrogens with zero attached hydrogens (tertiary/aromatic N) is 1. The van der Waals surface area contributed by atoms with E-state index in [0.717, 1.165) is 23.6 Å². The van der Waals surface area contributed by atoms with Crippen molar-refractivity contribution >= 4 is 21.6 Å². The summed E-state index contributed by atoms with van der Waals surface area (Å²) in [4.78, 5) is 2.04. The van der Waals surface area contributed by atoms with Crippen LogP contribution in [0.1, 0.15) is 11.3 Å². The fraction of sp³-hybridized carbons (Fsp3) is 0.667. The molecule has 19 heavy (non-hydrogen) atoms. The third kappa shape index (κ3) is 3.75. The number of thioether (sulfide) groups is 1. The van der Waals surface area contributed by atoms with E-state index in [4.69, 9.17) is 4.42 Å². The molecule has 1 fully saturated rings. The smallest absolute Gasteiger partial charge is 0.164 e. The molecule has 0 bridgehead atoms. The summed E-state index contributed by atoms with van der Waals surface area (Å²) in [6.07, 6.45) is 2.98. The molecule has 1 saturated heterocycles. The summed E-state index contributed by atoms with van der Waals surface area (Å²) in [5.74, 6) is 2.51. The van der Waals surface area contributed by atoms with E-state index in [0.29, 0.717) is 18.8 Å². The molecule has 1 aliphatic rings. The molecule has 5 nitrogen and oxygen atoms in total. The van der Waals surface area contributed by atoms with Crippen LogP contribution >= 0.6 is 11.8 Å². The molecule has 1 aliphatic heterocycles. The summed E-state index contributed by atoms with van der Waals surface area (Å²) >= 11 is 1.70. The van der Waals surface area contributed by atoms with Crippen molar-refractivity contribution in [2.45, 2.75) is 18.5 Å². The second-order valence-corrected chi connectivity index (χ2v) is 8.08. The van der Waals surface area contributed by atoms with E-state index in [1.54, 1.807) is 18.0 Å². The van der Waals surface area contributed by atoms with Gasteiger partial charge in [0, 0.05) is 36.4 Å². The van der Waals surface area contributed by atoms with Gasteiger partial charge in [0.05, 0.1) is 12.8 Å². The van der Waals surface area contributed by atoms with Gasteiger partial charge in [-0.25, -0.2) is 8.42 Å². The molecule has 0 amide bonds. The van der Waals surface area contributed by atoms with Gasteiger partial charge in [-0.15, -0.1) is 0 Å². The summed E-state index contributed by atoms with van der Waals surface area (Å²) in [5.41, 5.74) is 1.06. The standard InChI is InChI=1S/C12H20N2O3S2/c1-13-7-11-10(3-5-17-11)8-14-4-6-18-9-12(14)19(2,15)16/h3,5,12-13H,4,6-9H2,1-2H3. The van der Waals surface area contributed by atoms with E-state index in [1.165, 1.54) is 6.26 Å². The Bertz CT molecular complexity index is 513. The van der Waals surface area contributed by atoms with Gasteiger partial charge < -0.3 is 9.73 Å². The van der Waals surface area contributed by atoms with Gasteiger partial charge in [0.15, 0.2) is 9.84 Å². The zero-order chi connectivity index (χ0) is 13.9. The average molecular weight is 304 g/mol. The highest BCUT2D eigenvalue weighted by atomic mass is 32.2. The lowest BCUT2D eigenvalue weighted by atomic mass is 10.2. The minimum absolute atomic E-state index is 0.386. The van der Waals surface area contributed by atoms with E-state index < -0.39 is 9.84 Å².